The number of carbonyl (C=O) groups excluding carboxylic acids is 1. The van der Waals surface area contributed by atoms with Crippen LogP contribution in [0, 0.1) is 0 Å². The summed E-state index contributed by atoms with van der Waals surface area (Å²) in [4.78, 5) is 18.1. The number of aromatic nitrogens is 3. The highest BCUT2D eigenvalue weighted by Gasteiger charge is 2.23. The summed E-state index contributed by atoms with van der Waals surface area (Å²) in [5.41, 5.74) is 6.53. The van der Waals surface area contributed by atoms with Gasteiger partial charge < -0.3 is 15.8 Å². The number of amidine groups is 1. The molecule has 0 unspecified atom stereocenters. The van der Waals surface area contributed by atoms with E-state index in [1.54, 1.807) is 23.1 Å². The quantitative estimate of drug-likeness (QED) is 0.362. The van der Waals surface area contributed by atoms with Gasteiger partial charge in [-0.3, -0.25) is 9.78 Å². The van der Waals surface area contributed by atoms with E-state index >= 15 is 0 Å². The Morgan fingerprint density at radius 2 is 2.30 bits per heavy atom. The van der Waals surface area contributed by atoms with Crippen molar-refractivity contribution in [2.75, 3.05) is 6.54 Å². The number of nitrogens with two attached hydrogens (primary N) is 1. The number of hydrogen-bond acceptors (Lipinski definition) is 5. The molecule has 106 valence electrons. The van der Waals surface area contributed by atoms with E-state index < -0.39 is 0 Å². The van der Waals surface area contributed by atoms with Crippen molar-refractivity contribution in [1.82, 2.24) is 19.5 Å². The second-order valence-corrected chi connectivity index (χ2v) is 4.58. The van der Waals surface area contributed by atoms with Crippen molar-refractivity contribution < 1.29 is 10.0 Å². The zero-order chi connectivity index (χ0) is 14.7. The lowest BCUT2D eigenvalue weighted by Gasteiger charge is -2.25. The van der Waals surface area contributed by atoms with Gasteiger partial charge in [-0.15, -0.1) is 0 Å². The highest BCUT2D eigenvalue weighted by atomic mass is 16.4. The second-order valence-electron chi connectivity index (χ2n) is 4.58. The van der Waals surface area contributed by atoms with Crippen LogP contribution in [0.5, 0.6) is 0 Å². The molecule has 0 aliphatic carbocycles. The van der Waals surface area contributed by atoms with E-state index in [0.717, 1.165) is 0 Å². The van der Waals surface area contributed by atoms with E-state index in [9.17, 15) is 4.79 Å². The Labute approximate surface area is 115 Å². The fourth-order valence-electron chi connectivity index (χ4n) is 1.85. The van der Waals surface area contributed by atoms with E-state index in [-0.39, 0.29) is 24.3 Å². The minimum atomic E-state index is -0.241. The second kappa shape index (κ2) is 5.55. The molecule has 8 nitrogen and oxygen atoms in total. The van der Waals surface area contributed by atoms with Gasteiger partial charge in [-0.2, -0.15) is 5.10 Å². The summed E-state index contributed by atoms with van der Waals surface area (Å²) in [5.74, 6) is -0.267. The van der Waals surface area contributed by atoms with E-state index in [2.05, 4.69) is 15.2 Å². The molecule has 8 heteroatoms. The number of amides is 1. The van der Waals surface area contributed by atoms with Crippen LogP contribution in [0.25, 0.3) is 5.52 Å². The Balaban J connectivity index is 2.37. The first-order chi connectivity index (χ1) is 9.54. The van der Waals surface area contributed by atoms with E-state index in [4.69, 9.17) is 10.9 Å². The van der Waals surface area contributed by atoms with Crippen LogP contribution in [0.1, 0.15) is 24.2 Å². The summed E-state index contributed by atoms with van der Waals surface area (Å²) >= 11 is 0. The number of rotatable bonds is 4. The number of carbonyl (C=O) groups is 1. The van der Waals surface area contributed by atoms with Gasteiger partial charge in [0.25, 0.3) is 5.91 Å². The van der Waals surface area contributed by atoms with Crippen LogP contribution in [0.3, 0.4) is 0 Å². The maximum atomic E-state index is 12.6. The molecule has 0 radical (unpaired) electrons. The lowest BCUT2D eigenvalue weighted by atomic mass is 10.2. The number of hydrogen-bond donors (Lipinski definition) is 2. The van der Waals surface area contributed by atoms with Crippen molar-refractivity contribution in [2.45, 2.75) is 19.9 Å². The lowest BCUT2D eigenvalue weighted by molar-refractivity contribution is 0.0736. The smallest absolute Gasteiger partial charge is 0.258 e. The van der Waals surface area contributed by atoms with Gasteiger partial charge in [0.05, 0.1) is 30.0 Å². The van der Waals surface area contributed by atoms with E-state index in [1.807, 2.05) is 13.8 Å². The lowest BCUT2D eigenvalue weighted by Crippen LogP contribution is -2.42. The fraction of sp³-hybridized carbons (Fsp3) is 0.333. The summed E-state index contributed by atoms with van der Waals surface area (Å²) in [6.07, 6.45) is 6.31. The van der Waals surface area contributed by atoms with Crippen molar-refractivity contribution in [3.8, 4) is 0 Å². The third-order valence-electron chi connectivity index (χ3n) is 2.90. The average molecular weight is 276 g/mol. The topological polar surface area (TPSA) is 109 Å². The number of oxime groups is 1. The van der Waals surface area contributed by atoms with Crippen LogP contribution in [0.2, 0.25) is 0 Å². The molecule has 0 saturated carbocycles. The molecule has 2 rings (SSSR count). The predicted molar refractivity (Wildman–Crippen MR) is 72.6 cm³/mol. The highest BCUT2D eigenvalue weighted by Crippen LogP contribution is 2.13. The minimum absolute atomic E-state index is 0.0263. The Hall–Kier alpha value is -2.64. The molecule has 0 aromatic carbocycles. The molecule has 0 atom stereocenters. The van der Waals surface area contributed by atoms with Gasteiger partial charge in [-0.1, -0.05) is 5.16 Å². The molecule has 0 fully saturated rings. The maximum Gasteiger partial charge on any atom is 0.258 e. The molecule has 1 amide bonds. The Kier molecular flexibility index (Phi) is 3.83. The summed E-state index contributed by atoms with van der Waals surface area (Å²) in [5, 5.41) is 15.7. The zero-order valence-electron chi connectivity index (χ0n) is 11.3. The van der Waals surface area contributed by atoms with Crippen LogP contribution in [0.4, 0.5) is 0 Å². The van der Waals surface area contributed by atoms with Crippen LogP contribution in [-0.2, 0) is 0 Å². The molecule has 0 saturated heterocycles. The maximum absolute atomic E-state index is 12.6. The van der Waals surface area contributed by atoms with Gasteiger partial charge in [-0.25, -0.2) is 4.52 Å². The molecule has 2 heterocycles. The third-order valence-corrected chi connectivity index (χ3v) is 2.90. The molecular formula is C12H16N6O2. The van der Waals surface area contributed by atoms with E-state index in [1.165, 1.54) is 11.1 Å². The van der Waals surface area contributed by atoms with Gasteiger partial charge in [0.2, 0.25) is 0 Å². The predicted octanol–water partition coefficient (Wildman–Crippen LogP) is 0.326. The molecule has 0 spiro atoms. The van der Waals surface area contributed by atoms with Crippen molar-refractivity contribution in [2.24, 2.45) is 10.9 Å². The van der Waals surface area contributed by atoms with Crippen LogP contribution < -0.4 is 5.73 Å². The highest BCUT2D eigenvalue weighted by molar-refractivity contribution is 6.02. The molecule has 20 heavy (non-hydrogen) atoms. The van der Waals surface area contributed by atoms with Gasteiger partial charge in [-0.05, 0) is 13.8 Å². The molecular weight excluding hydrogens is 260 g/mol. The molecule has 0 aliphatic heterocycles. The van der Waals surface area contributed by atoms with Gasteiger partial charge in [0, 0.05) is 18.4 Å². The van der Waals surface area contributed by atoms with Crippen LogP contribution in [-0.4, -0.2) is 49.0 Å². The first kappa shape index (κ1) is 13.8. The van der Waals surface area contributed by atoms with Crippen molar-refractivity contribution in [3.05, 3.63) is 30.4 Å². The zero-order valence-corrected chi connectivity index (χ0v) is 11.3. The average Bonchev–Trinajstić information content (AvgIpc) is 2.87. The van der Waals surface area contributed by atoms with Crippen molar-refractivity contribution in [1.29, 1.82) is 0 Å². The van der Waals surface area contributed by atoms with Gasteiger partial charge in [0.15, 0.2) is 5.84 Å². The Bertz CT molecular complexity index is 648. The minimum Gasteiger partial charge on any atom is -0.409 e. The molecule has 0 bridgehead atoms. The Morgan fingerprint density at radius 1 is 1.55 bits per heavy atom. The van der Waals surface area contributed by atoms with E-state index in [0.29, 0.717) is 11.1 Å². The number of fused-ring (bicyclic) bond motifs is 1. The summed E-state index contributed by atoms with van der Waals surface area (Å²) in [6.45, 7) is 3.75. The van der Waals surface area contributed by atoms with Crippen LogP contribution >= 0.6 is 0 Å². The standard InChI is InChI=1S/C12H16N6O2/c1-8(2)17(7-11(13)16-20)12(19)9-5-15-18-4-3-14-6-10(9)18/h3-6,8,20H,7H2,1-2H3,(H2,13,16). The van der Waals surface area contributed by atoms with Crippen LogP contribution in [0.15, 0.2) is 29.9 Å². The summed E-state index contributed by atoms with van der Waals surface area (Å²) < 4.78 is 1.57. The number of nitrogens with zero attached hydrogens (tertiary/aromatic N) is 5. The van der Waals surface area contributed by atoms with Crippen molar-refractivity contribution >= 4 is 17.3 Å². The van der Waals surface area contributed by atoms with Gasteiger partial charge in [0.1, 0.15) is 0 Å². The Morgan fingerprint density at radius 3 is 2.95 bits per heavy atom. The first-order valence-corrected chi connectivity index (χ1v) is 6.09. The van der Waals surface area contributed by atoms with Gasteiger partial charge >= 0.3 is 0 Å². The monoisotopic (exact) mass is 276 g/mol. The molecule has 2 aromatic rings. The molecule has 0 aliphatic rings. The van der Waals surface area contributed by atoms with Crippen molar-refractivity contribution in [3.63, 3.8) is 0 Å². The SMILES string of the molecule is CC(C)N(C/C(N)=N/O)C(=O)c1cnn2ccncc12. The normalized spacial score (nSPS) is 12.1. The largest absolute Gasteiger partial charge is 0.409 e. The summed E-state index contributed by atoms with van der Waals surface area (Å²) in [6, 6.07) is -0.102. The first-order valence-electron chi connectivity index (χ1n) is 6.09. The fourth-order valence-corrected chi connectivity index (χ4v) is 1.85. The molecule has 3 N–H and O–H groups in total. The summed E-state index contributed by atoms with van der Waals surface area (Å²) in [7, 11) is 0. The third kappa shape index (κ3) is 2.53. The molecule has 2 aromatic heterocycles.